The molecule has 1 saturated carbocycles. The first-order valence-corrected chi connectivity index (χ1v) is 14.0. The number of hydrogen-bond donors (Lipinski definition) is 1. The van der Waals surface area contributed by atoms with Crippen LogP contribution in [0.5, 0.6) is 0 Å². The predicted octanol–water partition coefficient (Wildman–Crippen LogP) is 2.38. The molecule has 2 rings (SSSR count). The molecule has 0 aliphatic heterocycles. The molecule has 1 N–H and O–H groups in total. The zero-order chi connectivity index (χ0) is 13.7. The van der Waals surface area contributed by atoms with Crippen LogP contribution < -0.4 is 0 Å². The van der Waals surface area contributed by atoms with E-state index in [2.05, 4.69) is 6.55 Å². The maximum atomic E-state index is 10.8. The molecule has 1 aromatic rings. The van der Waals surface area contributed by atoms with Gasteiger partial charge in [0.05, 0.1) is 5.56 Å². The molecule has 0 unspecified atom stereocenters. The topological polar surface area (TPSA) is 37.3 Å². The standard InChI is InChI=1S/C15H24O2Si2/c1-18-19-10-11-2-4-12(5-3-11)13-6-8-14(9-7-13)15(16)17/h6-9,11-12H,2-5,10,18-19H2,1H3,(H,16,17). The van der Waals surface area contributed by atoms with Crippen LogP contribution in [0.1, 0.15) is 47.5 Å². The summed E-state index contributed by atoms with van der Waals surface area (Å²) in [7, 11) is 0.732. The minimum atomic E-state index is -0.830. The van der Waals surface area contributed by atoms with Gasteiger partial charge in [-0.1, -0.05) is 37.6 Å². The summed E-state index contributed by atoms with van der Waals surface area (Å²) >= 11 is 0. The Balaban J connectivity index is 1.88. The molecule has 0 radical (unpaired) electrons. The molecule has 19 heavy (non-hydrogen) atoms. The number of carbonyl (C=O) groups is 1. The van der Waals surface area contributed by atoms with E-state index in [0.717, 1.165) is 5.92 Å². The van der Waals surface area contributed by atoms with E-state index in [9.17, 15) is 4.79 Å². The largest absolute Gasteiger partial charge is 0.478 e. The Morgan fingerprint density at radius 2 is 1.84 bits per heavy atom. The lowest BCUT2D eigenvalue weighted by molar-refractivity contribution is 0.0697. The summed E-state index contributed by atoms with van der Waals surface area (Å²) < 4.78 is 0. The number of hydrogen-bond acceptors (Lipinski definition) is 1. The minimum Gasteiger partial charge on any atom is -0.478 e. The first-order valence-electron chi connectivity index (χ1n) is 7.54. The number of carboxylic acids is 1. The van der Waals surface area contributed by atoms with Crippen LogP contribution >= 0.6 is 0 Å². The summed E-state index contributed by atoms with van der Waals surface area (Å²) in [5.74, 6) is 0.859. The van der Waals surface area contributed by atoms with Gasteiger partial charge in [0.15, 0.2) is 0 Å². The molecule has 1 aromatic carbocycles. The van der Waals surface area contributed by atoms with Crippen molar-refractivity contribution in [1.29, 1.82) is 0 Å². The van der Waals surface area contributed by atoms with Crippen molar-refractivity contribution in [2.24, 2.45) is 5.92 Å². The minimum absolute atomic E-state index is 0.356. The van der Waals surface area contributed by atoms with Gasteiger partial charge < -0.3 is 5.11 Å². The highest BCUT2D eigenvalue weighted by molar-refractivity contribution is 6.99. The summed E-state index contributed by atoms with van der Waals surface area (Å²) in [4.78, 5) is 10.8. The fourth-order valence-electron chi connectivity index (χ4n) is 3.18. The lowest BCUT2D eigenvalue weighted by atomic mass is 9.79. The number of benzene rings is 1. The molecule has 0 bridgehead atoms. The van der Waals surface area contributed by atoms with Crippen molar-refractivity contribution in [3.63, 3.8) is 0 Å². The van der Waals surface area contributed by atoms with Crippen LogP contribution in [0.4, 0.5) is 0 Å². The van der Waals surface area contributed by atoms with Crippen molar-refractivity contribution in [1.82, 2.24) is 0 Å². The molecule has 0 saturated heterocycles. The second kappa shape index (κ2) is 7.05. The fraction of sp³-hybridized carbons (Fsp3) is 0.533. The number of rotatable bonds is 5. The molecule has 0 heterocycles. The molecule has 1 aliphatic rings. The van der Waals surface area contributed by atoms with Crippen molar-refractivity contribution in [3.05, 3.63) is 35.4 Å². The lowest BCUT2D eigenvalue weighted by Crippen LogP contribution is -2.16. The molecule has 2 nitrogen and oxygen atoms in total. The maximum absolute atomic E-state index is 10.8. The molecule has 1 aliphatic carbocycles. The highest BCUT2D eigenvalue weighted by atomic mass is 29.1. The van der Waals surface area contributed by atoms with Crippen molar-refractivity contribution in [2.45, 2.75) is 44.2 Å². The zero-order valence-corrected chi connectivity index (χ0v) is 14.6. The van der Waals surface area contributed by atoms with Gasteiger partial charge in [-0.15, -0.1) is 0 Å². The Bertz CT molecular complexity index is 409. The summed E-state index contributed by atoms with van der Waals surface area (Å²) in [5.41, 5.74) is 1.74. The molecule has 0 amide bonds. The molecular formula is C15H24O2Si2. The molecule has 4 heteroatoms. The molecule has 0 aromatic heterocycles. The first kappa shape index (κ1) is 14.5. The summed E-state index contributed by atoms with van der Waals surface area (Å²) in [6, 6.07) is 9.12. The van der Waals surface area contributed by atoms with Gasteiger partial charge in [-0.05, 0) is 42.4 Å². The molecule has 0 spiro atoms. The van der Waals surface area contributed by atoms with Gasteiger partial charge in [0.1, 0.15) is 0 Å². The first-order chi connectivity index (χ1) is 9.20. The van der Waals surface area contributed by atoms with Gasteiger partial charge in [0, 0.05) is 18.1 Å². The Labute approximate surface area is 120 Å². The van der Waals surface area contributed by atoms with E-state index in [1.54, 1.807) is 18.2 Å². The highest BCUT2D eigenvalue weighted by Gasteiger charge is 2.22. The van der Waals surface area contributed by atoms with Crippen molar-refractivity contribution < 1.29 is 9.90 Å². The Kier molecular flexibility index (Phi) is 5.39. The second-order valence-corrected chi connectivity index (χ2v) is 13.2. The van der Waals surface area contributed by atoms with Gasteiger partial charge >= 0.3 is 5.97 Å². The smallest absolute Gasteiger partial charge is 0.335 e. The highest BCUT2D eigenvalue weighted by Crippen LogP contribution is 2.37. The maximum Gasteiger partial charge on any atom is 0.335 e. The predicted molar refractivity (Wildman–Crippen MR) is 85.9 cm³/mol. The Hall–Kier alpha value is -0.876. The third-order valence-electron chi connectivity index (χ3n) is 4.44. The van der Waals surface area contributed by atoms with Crippen molar-refractivity contribution in [3.8, 4) is 0 Å². The molecule has 0 atom stereocenters. The number of aromatic carboxylic acids is 1. The van der Waals surface area contributed by atoms with Crippen LogP contribution in [0.25, 0.3) is 0 Å². The quantitative estimate of drug-likeness (QED) is 0.846. The van der Waals surface area contributed by atoms with E-state index in [4.69, 9.17) is 5.11 Å². The average molecular weight is 293 g/mol. The van der Waals surface area contributed by atoms with Crippen LogP contribution in [0, 0.1) is 5.92 Å². The third kappa shape index (κ3) is 4.04. The van der Waals surface area contributed by atoms with Crippen LogP contribution in [-0.4, -0.2) is 29.2 Å². The normalized spacial score (nSPS) is 24.5. The van der Waals surface area contributed by atoms with E-state index in [0.29, 0.717) is 29.6 Å². The lowest BCUT2D eigenvalue weighted by Gasteiger charge is -2.28. The van der Waals surface area contributed by atoms with Crippen LogP contribution in [0.2, 0.25) is 12.6 Å². The van der Waals surface area contributed by atoms with Crippen LogP contribution in [0.3, 0.4) is 0 Å². The zero-order valence-electron chi connectivity index (χ0n) is 11.8. The van der Waals surface area contributed by atoms with Crippen LogP contribution in [0.15, 0.2) is 24.3 Å². The van der Waals surface area contributed by atoms with E-state index in [1.807, 2.05) is 12.1 Å². The SMILES string of the molecule is C[SiH2][SiH2]CC1CCC(c2ccc(C(=O)O)cc2)CC1. The molecular weight excluding hydrogens is 268 g/mol. The van der Waals surface area contributed by atoms with Gasteiger partial charge in [0.25, 0.3) is 0 Å². The van der Waals surface area contributed by atoms with Crippen molar-refractivity contribution in [2.75, 3.05) is 0 Å². The van der Waals surface area contributed by atoms with Crippen LogP contribution in [-0.2, 0) is 0 Å². The summed E-state index contributed by atoms with van der Waals surface area (Å²) in [6.07, 6.45) is 5.40. The van der Waals surface area contributed by atoms with Gasteiger partial charge in [-0.3, -0.25) is 0 Å². The van der Waals surface area contributed by atoms with E-state index < -0.39 is 5.97 Å². The average Bonchev–Trinajstić information content (AvgIpc) is 2.46. The molecule has 1 fully saturated rings. The fourth-order valence-corrected chi connectivity index (χ4v) is 7.69. The summed E-state index contributed by atoms with van der Waals surface area (Å²) in [5, 5.41) is 8.91. The number of carboxylic acid groups (broad SMARTS) is 1. The third-order valence-corrected chi connectivity index (χ3v) is 9.72. The monoisotopic (exact) mass is 292 g/mol. The van der Waals surface area contributed by atoms with Gasteiger partial charge in [0.2, 0.25) is 0 Å². The van der Waals surface area contributed by atoms with E-state index in [-0.39, 0.29) is 0 Å². The van der Waals surface area contributed by atoms with Gasteiger partial charge in [-0.2, -0.15) is 0 Å². The summed E-state index contributed by atoms with van der Waals surface area (Å²) in [6.45, 7) is 2.46. The van der Waals surface area contributed by atoms with E-state index >= 15 is 0 Å². The Morgan fingerprint density at radius 1 is 1.21 bits per heavy atom. The van der Waals surface area contributed by atoms with E-state index in [1.165, 1.54) is 31.2 Å². The van der Waals surface area contributed by atoms with Crippen molar-refractivity contribution >= 4 is 24.0 Å². The molecule has 104 valence electrons. The second-order valence-electron chi connectivity index (χ2n) is 5.79. The van der Waals surface area contributed by atoms with Gasteiger partial charge in [-0.25, -0.2) is 4.79 Å². The Morgan fingerprint density at radius 3 is 2.37 bits per heavy atom.